The van der Waals surface area contributed by atoms with Crippen LogP contribution >= 0.6 is 34.7 Å². The molecule has 8 heteroatoms. The van der Waals surface area contributed by atoms with E-state index in [9.17, 15) is 4.79 Å². The second kappa shape index (κ2) is 7.82. The highest BCUT2D eigenvalue weighted by molar-refractivity contribution is 8.00. The van der Waals surface area contributed by atoms with Crippen LogP contribution in [0.5, 0.6) is 5.75 Å². The number of aromatic nitrogens is 2. The fourth-order valence-corrected chi connectivity index (χ4v) is 4.72. The van der Waals surface area contributed by atoms with Crippen molar-refractivity contribution in [3.05, 3.63) is 34.3 Å². The summed E-state index contributed by atoms with van der Waals surface area (Å²) in [4.78, 5) is 21.7. The Morgan fingerprint density at radius 1 is 1.35 bits per heavy atom. The van der Waals surface area contributed by atoms with Crippen molar-refractivity contribution in [1.29, 1.82) is 0 Å². The van der Waals surface area contributed by atoms with E-state index in [2.05, 4.69) is 9.97 Å². The Morgan fingerprint density at radius 3 is 2.65 bits per heavy atom. The number of hydrogen-bond acceptors (Lipinski definition) is 6. The standard InChI is InChI=1S/C18H17ClN2O3S2/c1-4-24-12-7-5-11(6-8-12)13-9(2)25-16-14(13)15(19)20-18(21-16)26-10(3)17(22)23/h5-8,10H,4H2,1-3H3,(H,22,23). The van der Waals surface area contributed by atoms with Gasteiger partial charge in [-0.25, -0.2) is 9.97 Å². The minimum atomic E-state index is -0.910. The molecule has 0 aliphatic heterocycles. The number of fused-ring (bicyclic) bond motifs is 1. The second-order valence-electron chi connectivity index (χ2n) is 5.57. The average molecular weight is 409 g/mol. The molecule has 3 rings (SSSR count). The molecule has 1 unspecified atom stereocenters. The van der Waals surface area contributed by atoms with Crippen LogP contribution in [0, 0.1) is 6.92 Å². The molecule has 26 heavy (non-hydrogen) atoms. The summed E-state index contributed by atoms with van der Waals surface area (Å²) < 4.78 is 5.49. The normalized spacial score (nSPS) is 12.3. The largest absolute Gasteiger partial charge is 0.494 e. The highest BCUT2D eigenvalue weighted by atomic mass is 35.5. The van der Waals surface area contributed by atoms with E-state index < -0.39 is 11.2 Å². The van der Waals surface area contributed by atoms with E-state index in [1.54, 1.807) is 6.92 Å². The van der Waals surface area contributed by atoms with Gasteiger partial charge in [0.05, 0.1) is 12.0 Å². The van der Waals surface area contributed by atoms with Crippen LogP contribution in [0.2, 0.25) is 5.15 Å². The summed E-state index contributed by atoms with van der Waals surface area (Å²) in [5, 5.41) is 9.93. The Morgan fingerprint density at radius 2 is 2.04 bits per heavy atom. The molecule has 5 nitrogen and oxygen atoms in total. The quantitative estimate of drug-likeness (QED) is 0.339. The Kier molecular flexibility index (Phi) is 5.70. The molecule has 0 saturated carbocycles. The number of aryl methyl sites for hydroxylation is 1. The van der Waals surface area contributed by atoms with Gasteiger partial charge in [-0.3, -0.25) is 4.79 Å². The van der Waals surface area contributed by atoms with E-state index >= 15 is 0 Å². The predicted octanol–water partition coefficient (Wildman–Crippen LogP) is 5.28. The number of carboxylic acids is 1. The third kappa shape index (κ3) is 3.79. The van der Waals surface area contributed by atoms with Crippen LogP contribution in [0.3, 0.4) is 0 Å². The molecule has 0 saturated heterocycles. The van der Waals surface area contributed by atoms with Crippen molar-refractivity contribution >= 4 is 50.9 Å². The van der Waals surface area contributed by atoms with Crippen LogP contribution in [0.4, 0.5) is 0 Å². The number of ether oxygens (including phenoxy) is 1. The highest BCUT2D eigenvalue weighted by Crippen LogP contribution is 2.41. The van der Waals surface area contributed by atoms with Gasteiger partial charge in [0.2, 0.25) is 0 Å². The van der Waals surface area contributed by atoms with Crippen LogP contribution in [-0.4, -0.2) is 32.9 Å². The van der Waals surface area contributed by atoms with Crippen molar-refractivity contribution in [2.24, 2.45) is 0 Å². The lowest BCUT2D eigenvalue weighted by molar-refractivity contribution is -0.136. The van der Waals surface area contributed by atoms with Crippen molar-refractivity contribution in [1.82, 2.24) is 9.97 Å². The Hall–Kier alpha value is -1.83. The third-order valence-corrected chi connectivity index (χ3v) is 5.97. The summed E-state index contributed by atoms with van der Waals surface area (Å²) in [6, 6.07) is 7.83. The Labute approximate surface area is 164 Å². The van der Waals surface area contributed by atoms with Gasteiger partial charge < -0.3 is 9.84 Å². The van der Waals surface area contributed by atoms with E-state index in [4.69, 9.17) is 21.4 Å². The summed E-state index contributed by atoms with van der Waals surface area (Å²) in [5.41, 5.74) is 2.02. The molecule has 0 radical (unpaired) electrons. The monoisotopic (exact) mass is 408 g/mol. The minimum absolute atomic E-state index is 0.336. The number of hydrogen-bond donors (Lipinski definition) is 1. The number of rotatable bonds is 6. The number of benzene rings is 1. The summed E-state index contributed by atoms with van der Waals surface area (Å²) in [5.74, 6) is -0.0932. The lowest BCUT2D eigenvalue weighted by Gasteiger charge is -2.07. The van der Waals surface area contributed by atoms with Gasteiger partial charge in [-0.15, -0.1) is 11.3 Å². The number of nitrogens with zero attached hydrogens (tertiary/aromatic N) is 2. The molecule has 0 aliphatic rings. The van der Waals surface area contributed by atoms with E-state index in [0.29, 0.717) is 16.9 Å². The van der Waals surface area contributed by atoms with Crippen molar-refractivity contribution in [3.63, 3.8) is 0 Å². The van der Waals surface area contributed by atoms with Crippen LogP contribution in [-0.2, 0) is 4.79 Å². The molecule has 2 heterocycles. The lowest BCUT2D eigenvalue weighted by atomic mass is 10.0. The molecule has 0 amide bonds. The zero-order valence-electron chi connectivity index (χ0n) is 14.4. The highest BCUT2D eigenvalue weighted by Gasteiger charge is 2.20. The predicted molar refractivity (Wildman–Crippen MR) is 107 cm³/mol. The third-order valence-electron chi connectivity index (χ3n) is 3.75. The second-order valence-corrected chi connectivity index (χ2v) is 8.44. The van der Waals surface area contributed by atoms with Gasteiger partial charge in [-0.2, -0.15) is 0 Å². The minimum Gasteiger partial charge on any atom is -0.494 e. The molecule has 2 aromatic heterocycles. The first-order chi connectivity index (χ1) is 12.4. The van der Waals surface area contributed by atoms with Gasteiger partial charge in [0, 0.05) is 10.4 Å². The molecule has 0 aliphatic carbocycles. The van der Waals surface area contributed by atoms with Gasteiger partial charge in [0.1, 0.15) is 21.0 Å². The molecule has 1 aromatic carbocycles. The molecule has 1 N–H and O–H groups in total. The maximum Gasteiger partial charge on any atom is 0.316 e. The molecule has 3 aromatic rings. The van der Waals surface area contributed by atoms with E-state index in [1.165, 1.54) is 11.3 Å². The fraction of sp³-hybridized carbons (Fsp3) is 0.278. The summed E-state index contributed by atoms with van der Waals surface area (Å²) in [6.07, 6.45) is 0. The number of halogens is 1. The first-order valence-corrected chi connectivity index (χ1v) is 10.1. The van der Waals surface area contributed by atoms with Crippen molar-refractivity contribution in [3.8, 4) is 16.9 Å². The molecular weight excluding hydrogens is 392 g/mol. The first-order valence-electron chi connectivity index (χ1n) is 8.00. The molecule has 1 atom stereocenters. The molecule has 136 valence electrons. The van der Waals surface area contributed by atoms with Crippen LogP contribution < -0.4 is 4.74 Å². The lowest BCUT2D eigenvalue weighted by Crippen LogP contribution is -2.11. The number of carboxylic acid groups (broad SMARTS) is 1. The number of thiophene rings is 1. The van der Waals surface area contributed by atoms with Gasteiger partial charge in [0.25, 0.3) is 0 Å². The van der Waals surface area contributed by atoms with Crippen molar-refractivity contribution in [2.75, 3.05) is 6.61 Å². The fourth-order valence-electron chi connectivity index (χ4n) is 2.55. The van der Waals surface area contributed by atoms with Crippen molar-refractivity contribution in [2.45, 2.75) is 31.2 Å². The maximum absolute atomic E-state index is 11.1. The SMILES string of the molecule is CCOc1ccc(-c2c(C)sc3nc(SC(C)C(=O)O)nc(Cl)c23)cc1. The number of thioether (sulfide) groups is 1. The van der Waals surface area contributed by atoms with Crippen LogP contribution in [0.15, 0.2) is 29.4 Å². The molecular formula is C18H17ClN2O3S2. The van der Waals surface area contributed by atoms with E-state index in [0.717, 1.165) is 43.7 Å². The Balaban J connectivity index is 2.04. The molecule has 0 spiro atoms. The van der Waals surface area contributed by atoms with Gasteiger partial charge in [-0.1, -0.05) is 35.5 Å². The zero-order chi connectivity index (χ0) is 18.8. The zero-order valence-corrected chi connectivity index (χ0v) is 16.8. The van der Waals surface area contributed by atoms with Crippen LogP contribution in [0.1, 0.15) is 18.7 Å². The van der Waals surface area contributed by atoms with E-state index in [1.807, 2.05) is 38.1 Å². The Bertz CT molecular complexity index is 957. The molecule has 0 fully saturated rings. The average Bonchev–Trinajstić information content (AvgIpc) is 2.92. The summed E-state index contributed by atoms with van der Waals surface area (Å²) in [7, 11) is 0. The van der Waals surface area contributed by atoms with Crippen molar-refractivity contribution < 1.29 is 14.6 Å². The van der Waals surface area contributed by atoms with E-state index in [-0.39, 0.29) is 0 Å². The van der Waals surface area contributed by atoms with Gasteiger partial charge >= 0.3 is 5.97 Å². The summed E-state index contributed by atoms with van der Waals surface area (Å²) in [6.45, 7) is 6.18. The first kappa shape index (κ1) is 18.9. The molecule has 0 bridgehead atoms. The number of aliphatic carboxylic acids is 1. The smallest absolute Gasteiger partial charge is 0.316 e. The number of carbonyl (C=O) groups is 1. The van der Waals surface area contributed by atoms with Gasteiger partial charge in [0.15, 0.2) is 5.16 Å². The summed E-state index contributed by atoms with van der Waals surface area (Å²) >= 11 is 9.05. The van der Waals surface area contributed by atoms with Gasteiger partial charge in [-0.05, 0) is 38.5 Å². The van der Waals surface area contributed by atoms with Crippen LogP contribution in [0.25, 0.3) is 21.3 Å². The maximum atomic E-state index is 11.1. The topological polar surface area (TPSA) is 72.3 Å².